The van der Waals surface area contributed by atoms with E-state index >= 15 is 0 Å². The van der Waals surface area contributed by atoms with Crippen LogP contribution in [0.5, 0.6) is 0 Å². The molecule has 28 heavy (non-hydrogen) atoms. The monoisotopic (exact) mass is 380 g/mol. The molecule has 4 rings (SSSR count). The molecule has 0 spiro atoms. The van der Waals surface area contributed by atoms with Crippen LogP contribution in [-0.4, -0.2) is 22.2 Å². The molecule has 0 radical (unpaired) electrons. The Bertz CT molecular complexity index is 1120. The molecule has 8 heteroatoms. The summed E-state index contributed by atoms with van der Waals surface area (Å²) in [6.45, 7) is 0.529. The summed E-state index contributed by atoms with van der Waals surface area (Å²) in [5.41, 5.74) is 3.85. The standard InChI is InChI=1S/C20H16BF3N4/c21-18-11-27-19-17(26-10-13-3-2-6-25-9-13)8-15(12-28(18)19)14-4-1-5-16(7-14)20(22,23)24/h1-9,11-12,26H,10,21H2. The lowest BCUT2D eigenvalue weighted by molar-refractivity contribution is -0.137. The summed E-state index contributed by atoms with van der Waals surface area (Å²) in [6.07, 6.45) is 2.63. The fraction of sp³-hybridized carbons (Fsp3) is 0.100. The summed E-state index contributed by atoms with van der Waals surface area (Å²) < 4.78 is 41.2. The van der Waals surface area contributed by atoms with E-state index in [4.69, 9.17) is 0 Å². The summed E-state index contributed by atoms with van der Waals surface area (Å²) in [4.78, 5) is 8.52. The van der Waals surface area contributed by atoms with E-state index in [0.29, 0.717) is 17.7 Å². The third kappa shape index (κ3) is 3.58. The van der Waals surface area contributed by atoms with Crippen molar-refractivity contribution in [1.82, 2.24) is 14.4 Å². The SMILES string of the molecule is Bc1cnc2c(NCc3cccnc3)cc(-c3cccc(C(F)(F)F)c3)cn12. The van der Waals surface area contributed by atoms with Gasteiger partial charge in [-0.15, -0.1) is 0 Å². The number of anilines is 1. The molecule has 4 aromatic rings. The van der Waals surface area contributed by atoms with E-state index < -0.39 is 11.7 Å². The van der Waals surface area contributed by atoms with Crippen LogP contribution in [0, 0.1) is 0 Å². The number of halogens is 3. The highest BCUT2D eigenvalue weighted by atomic mass is 19.4. The van der Waals surface area contributed by atoms with Crippen LogP contribution in [0.3, 0.4) is 0 Å². The number of fused-ring (bicyclic) bond motifs is 1. The summed E-state index contributed by atoms with van der Waals surface area (Å²) in [7, 11) is 1.90. The van der Waals surface area contributed by atoms with Gasteiger partial charge in [-0.25, -0.2) is 4.98 Å². The fourth-order valence-corrected chi connectivity index (χ4v) is 3.07. The molecule has 3 heterocycles. The van der Waals surface area contributed by atoms with Crippen LogP contribution in [0.25, 0.3) is 16.8 Å². The molecule has 140 valence electrons. The quantitative estimate of drug-likeness (QED) is 0.553. The first-order valence-electron chi connectivity index (χ1n) is 8.70. The van der Waals surface area contributed by atoms with Crippen LogP contribution in [0.15, 0.2) is 67.3 Å². The molecule has 0 aliphatic heterocycles. The molecule has 1 aromatic carbocycles. The van der Waals surface area contributed by atoms with Gasteiger partial charge in [-0.2, -0.15) is 13.2 Å². The minimum absolute atomic E-state index is 0.495. The van der Waals surface area contributed by atoms with Crippen LogP contribution in [-0.2, 0) is 12.7 Å². The Morgan fingerprint density at radius 2 is 1.89 bits per heavy atom. The maximum atomic E-state index is 13.1. The number of nitrogens with zero attached hydrogens (tertiary/aromatic N) is 3. The molecule has 3 aromatic heterocycles. The number of hydrogen-bond donors (Lipinski definition) is 1. The van der Waals surface area contributed by atoms with Crippen molar-refractivity contribution in [2.45, 2.75) is 12.7 Å². The zero-order valence-corrected chi connectivity index (χ0v) is 15.0. The number of aromatic nitrogens is 3. The number of alkyl halides is 3. The topological polar surface area (TPSA) is 42.2 Å². The molecule has 0 saturated heterocycles. The molecule has 0 atom stereocenters. The molecule has 0 bridgehead atoms. The molecular formula is C20H16BF3N4. The largest absolute Gasteiger partial charge is 0.416 e. The first kappa shape index (κ1) is 18.1. The lowest BCUT2D eigenvalue weighted by Gasteiger charge is -2.13. The number of pyridine rings is 2. The number of nitrogens with one attached hydrogen (secondary N) is 1. The first-order valence-corrected chi connectivity index (χ1v) is 8.70. The van der Waals surface area contributed by atoms with Gasteiger partial charge in [-0.05, 0) is 41.0 Å². The number of hydrogen-bond acceptors (Lipinski definition) is 3. The summed E-state index contributed by atoms with van der Waals surface area (Å²) >= 11 is 0. The third-order valence-electron chi connectivity index (χ3n) is 4.52. The van der Waals surface area contributed by atoms with E-state index in [2.05, 4.69) is 15.3 Å². The molecule has 0 fully saturated rings. The van der Waals surface area contributed by atoms with Crippen molar-refractivity contribution < 1.29 is 13.2 Å². The van der Waals surface area contributed by atoms with E-state index in [-0.39, 0.29) is 0 Å². The van der Waals surface area contributed by atoms with Crippen molar-refractivity contribution in [3.63, 3.8) is 0 Å². The molecular weight excluding hydrogens is 364 g/mol. The normalized spacial score (nSPS) is 11.7. The molecule has 0 unspecified atom stereocenters. The van der Waals surface area contributed by atoms with Crippen molar-refractivity contribution >= 4 is 24.8 Å². The fourth-order valence-electron chi connectivity index (χ4n) is 3.07. The van der Waals surface area contributed by atoms with Crippen molar-refractivity contribution in [3.05, 3.63) is 78.4 Å². The van der Waals surface area contributed by atoms with Crippen LogP contribution in [0.1, 0.15) is 11.1 Å². The third-order valence-corrected chi connectivity index (χ3v) is 4.52. The van der Waals surface area contributed by atoms with E-state index in [1.54, 1.807) is 24.7 Å². The lowest BCUT2D eigenvalue weighted by atomic mass is 10.0. The highest BCUT2D eigenvalue weighted by Crippen LogP contribution is 2.33. The van der Waals surface area contributed by atoms with Gasteiger partial charge in [-0.1, -0.05) is 18.2 Å². The van der Waals surface area contributed by atoms with Gasteiger partial charge in [0.05, 0.1) is 11.3 Å². The number of imidazole rings is 1. The van der Waals surface area contributed by atoms with Crippen LogP contribution in [0.2, 0.25) is 0 Å². The number of rotatable bonds is 4. The van der Waals surface area contributed by atoms with Crippen molar-refractivity contribution in [2.75, 3.05) is 5.32 Å². The second-order valence-electron chi connectivity index (χ2n) is 6.53. The highest BCUT2D eigenvalue weighted by molar-refractivity contribution is 6.31. The maximum absolute atomic E-state index is 13.1. The van der Waals surface area contributed by atoms with Gasteiger partial charge in [0.2, 0.25) is 0 Å². The molecule has 4 nitrogen and oxygen atoms in total. The summed E-state index contributed by atoms with van der Waals surface area (Å²) in [5.74, 6) is 0. The van der Waals surface area contributed by atoms with Gasteiger partial charge < -0.3 is 9.72 Å². The average molecular weight is 380 g/mol. The minimum Gasteiger partial charge on any atom is -0.378 e. The van der Waals surface area contributed by atoms with Crippen LogP contribution >= 0.6 is 0 Å². The average Bonchev–Trinajstić information content (AvgIpc) is 3.07. The highest BCUT2D eigenvalue weighted by Gasteiger charge is 2.30. The van der Waals surface area contributed by atoms with Gasteiger partial charge in [-0.3, -0.25) is 4.98 Å². The predicted molar refractivity (Wildman–Crippen MR) is 105 cm³/mol. The Balaban J connectivity index is 1.76. The minimum atomic E-state index is -4.38. The van der Waals surface area contributed by atoms with E-state index in [0.717, 1.165) is 28.6 Å². The second-order valence-corrected chi connectivity index (χ2v) is 6.53. The molecule has 0 aliphatic carbocycles. The van der Waals surface area contributed by atoms with Gasteiger partial charge in [0.25, 0.3) is 0 Å². The van der Waals surface area contributed by atoms with E-state index in [1.807, 2.05) is 36.6 Å². The van der Waals surface area contributed by atoms with Gasteiger partial charge in [0.15, 0.2) is 13.5 Å². The van der Waals surface area contributed by atoms with E-state index in [1.165, 1.54) is 12.1 Å². The van der Waals surface area contributed by atoms with Crippen LogP contribution in [0.4, 0.5) is 18.9 Å². The predicted octanol–water partition coefficient (Wildman–Crippen LogP) is 3.29. The zero-order valence-electron chi connectivity index (χ0n) is 15.0. The molecule has 0 saturated carbocycles. The van der Waals surface area contributed by atoms with Gasteiger partial charge in [0, 0.05) is 36.9 Å². The van der Waals surface area contributed by atoms with Gasteiger partial charge >= 0.3 is 6.18 Å². The zero-order chi connectivity index (χ0) is 19.7. The van der Waals surface area contributed by atoms with Crippen LogP contribution < -0.4 is 10.9 Å². The summed E-state index contributed by atoms with van der Waals surface area (Å²) in [6, 6.07) is 11.0. The lowest BCUT2D eigenvalue weighted by Crippen LogP contribution is -2.11. The Morgan fingerprint density at radius 1 is 1.04 bits per heavy atom. The molecule has 0 aliphatic rings. The Hall–Kier alpha value is -3.29. The molecule has 1 N–H and O–H groups in total. The first-order chi connectivity index (χ1) is 13.4. The summed E-state index contributed by atoms with van der Waals surface area (Å²) in [5, 5.41) is 3.33. The Morgan fingerprint density at radius 3 is 2.64 bits per heavy atom. The van der Waals surface area contributed by atoms with Crippen molar-refractivity contribution in [3.8, 4) is 11.1 Å². The maximum Gasteiger partial charge on any atom is 0.416 e. The van der Waals surface area contributed by atoms with Gasteiger partial charge in [0.1, 0.15) is 0 Å². The number of benzene rings is 1. The van der Waals surface area contributed by atoms with Crippen molar-refractivity contribution in [1.29, 1.82) is 0 Å². The molecule has 0 amide bonds. The Kier molecular flexibility index (Phi) is 4.54. The van der Waals surface area contributed by atoms with E-state index in [9.17, 15) is 13.2 Å². The smallest absolute Gasteiger partial charge is 0.378 e. The second kappa shape index (κ2) is 7.03. The Labute approximate surface area is 160 Å². The van der Waals surface area contributed by atoms with Crippen molar-refractivity contribution in [2.24, 2.45) is 0 Å².